The highest BCUT2D eigenvalue weighted by molar-refractivity contribution is 5.94. The Balaban J connectivity index is 2.59. The van der Waals surface area contributed by atoms with E-state index in [0.29, 0.717) is 12.9 Å². The lowest BCUT2D eigenvalue weighted by Crippen LogP contribution is -2.34. The van der Waals surface area contributed by atoms with Crippen LogP contribution in [0.1, 0.15) is 26.2 Å². The first-order valence-electron chi connectivity index (χ1n) is 4.28. The minimum atomic E-state index is -0.478. The Kier molecular flexibility index (Phi) is 3.17. The van der Waals surface area contributed by atoms with E-state index in [1.807, 2.05) is 0 Å². The first kappa shape index (κ1) is 9.89. The van der Waals surface area contributed by atoms with E-state index in [2.05, 4.69) is 4.74 Å². The van der Waals surface area contributed by atoms with Crippen LogP contribution in [0.15, 0.2) is 0 Å². The Morgan fingerprint density at radius 1 is 1.46 bits per heavy atom. The third-order valence-electron chi connectivity index (χ3n) is 2.35. The Morgan fingerprint density at radius 3 is 2.77 bits per heavy atom. The summed E-state index contributed by atoms with van der Waals surface area (Å²) in [6.07, 6.45) is 0.363. The monoisotopic (exact) mass is 184 g/mol. The largest absolute Gasteiger partial charge is 0.464 e. The average Bonchev–Trinajstić information content (AvgIpc) is 2.09. The first-order chi connectivity index (χ1) is 6.15. The number of carbonyl (C=O) groups is 3. The predicted octanol–water partition coefficient (Wildman–Crippen LogP) is 0.486. The summed E-state index contributed by atoms with van der Waals surface area (Å²) in [5, 5.41) is 0. The van der Waals surface area contributed by atoms with Crippen molar-refractivity contribution in [2.24, 2.45) is 5.92 Å². The summed E-state index contributed by atoms with van der Waals surface area (Å²) < 4.78 is 4.65. The molecular formula is C9H12O4. The lowest BCUT2D eigenvalue weighted by atomic mass is 9.84. The molecule has 1 rings (SSSR count). The van der Waals surface area contributed by atoms with Gasteiger partial charge in [0.1, 0.15) is 17.7 Å². The third kappa shape index (κ3) is 2.37. The summed E-state index contributed by atoms with van der Waals surface area (Å²) in [6, 6.07) is 0. The maximum absolute atomic E-state index is 11.3. The van der Waals surface area contributed by atoms with Gasteiger partial charge in [0.05, 0.1) is 5.92 Å². The van der Waals surface area contributed by atoms with E-state index < -0.39 is 12.0 Å². The standard InChI is InChI=1S/C9H12O4/c1-6(13-5-10)8-4-7(11)2-3-9(8)12/h5-6,8H,2-4H2,1H3/t6-,8+/m0/s1. The summed E-state index contributed by atoms with van der Waals surface area (Å²) in [5.74, 6) is -0.327. The van der Waals surface area contributed by atoms with Gasteiger partial charge in [0.15, 0.2) is 0 Å². The fraction of sp³-hybridized carbons (Fsp3) is 0.667. The Labute approximate surface area is 76.3 Å². The van der Waals surface area contributed by atoms with Crippen molar-refractivity contribution in [1.82, 2.24) is 0 Å². The molecule has 1 aliphatic carbocycles. The molecule has 72 valence electrons. The second kappa shape index (κ2) is 4.16. The zero-order valence-electron chi connectivity index (χ0n) is 7.49. The van der Waals surface area contributed by atoms with Crippen molar-refractivity contribution >= 4 is 18.0 Å². The highest BCUT2D eigenvalue weighted by Crippen LogP contribution is 2.22. The quantitative estimate of drug-likeness (QED) is 0.599. The van der Waals surface area contributed by atoms with E-state index >= 15 is 0 Å². The maximum Gasteiger partial charge on any atom is 0.293 e. The number of rotatable bonds is 3. The molecule has 13 heavy (non-hydrogen) atoms. The zero-order valence-corrected chi connectivity index (χ0v) is 7.49. The third-order valence-corrected chi connectivity index (χ3v) is 2.35. The molecule has 0 N–H and O–H groups in total. The molecular weight excluding hydrogens is 172 g/mol. The number of carbonyl (C=O) groups excluding carboxylic acids is 3. The fourth-order valence-corrected chi connectivity index (χ4v) is 1.52. The molecule has 0 radical (unpaired) electrons. The van der Waals surface area contributed by atoms with Gasteiger partial charge in [-0.05, 0) is 6.92 Å². The molecule has 0 bridgehead atoms. The lowest BCUT2D eigenvalue weighted by Gasteiger charge is -2.23. The van der Waals surface area contributed by atoms with Crippen LogP contribution < -0.4 is 0 Å². The van der Waals surface area contributed by atoms with Crippen LogP contribution in [0.2, 0.25) is 0 Å². The predicted molar refractivity (Wildman–Crippen MR) is 44.0 cm³/mol. The highest BCUT2D eigenvalue weighted by atomic mass is 16.5. The van der Waals surface area contributed by atoms with Gasteiger partial charge in [0.25, 0.3) is 6.47 Å². The van der Waals surface area contributed by atoms with Gasteiger partial charge in [0.2, 0.25) is 0 Å². The van der Waals surface area contributed by atoms with Gasteiger partial charge in [-0.3, -0.25) is 14.4 Å². The summed E-state index contributed by atoms with van der Waals surface area (Å²) in [4.78, 5) is 32.4. The van der Waals surface area contributed by atoms with Gasteiger partial charge >= 0.3 is 0 Å². The molecule has 0 aliphatic heterocycles. The van der Waals surface area contributed by atoms with Crippen LogP contribution in [-0.4, -0.2) is 24.1 Å². The number of hydrogen-bond acceptors (Lipinski definition) is 4. The van der Waals surface area contributed by atoms with Crippen molar-refractivity contribution in [2.75, 3.05) is 0 Å². The molecule has 1 aliphatic rings. The molecule has 0 aromatic rings. The highest BCUT2D eigenvalue weighted by Gasteiger charge is 2.32. The molecule has 0 amide bonds. The zero-order chi connectivity index (χ0) is 9.84. The van der Waals surface area contributed by atoms with Crippen LogP contribution in [0, 0.1) is 5.92 Å². The molecule has 0 spiro atoms. The van der Waals surface area contributed by atoms with E-state index in [1.165, 1.54) is 0 Å². The molecule has 0 heterocycles. The summed E-state index contributed by atoms with van der Waals surface area (Å²) in [7, 11) is 0. The molecule has 2 atom stereocenters. The van der Waals surface area contributed by atoms with Crippen molar-refractivity contribution < 1.29 is 19.1 Å². The summed E-state index contributed by atoms with van der Waals surface area (Å²) in [5.41, 5.74) is 0. The molecule has 4 nitrogen and oxygen atoms in total. The number of ether oxygens (including phenoxy) is 1. The van der Waals surface area contributed by atoms with Gasteiger partial charge in [-0.1, -0.05) is 0 Å². The van der Waals surface area contributed by atoms with E-state index in [9.17, 15) is 14.4 Å². The van der Waals surface area contributed by atoms with Crippen molar-refractivity contribution in [1.29, 1.82) is 0 Å². The summed E-state index contributed by atoms with van der Waals surface area (Å²) >= 11 is 0. The Hall–Kier alpha value is -1.19. The van der Waals surface area contributed by atoms with Gasteiger partial charge in [-0.15, -0.1) is 0 Å². The van der Waals surface area contributed by atoms with Crippen LogP contribution in [0.3, 0.4) is 0 Å². The molecule has 0 aromatic heterocycles. The van der Waals surface area contributed by atoms with Crippen LogP contribution in [-0.2, 0) is 19.1 Å². The van der Waals surface area contributed by atoms with Crippen molar-refractivity contribution in [2.45, 2.75) is 32.3 Å². The molecule has 0 saturated heterocycles. The molecule has 0 aromatic carbocycles. The van der Waals surface area contributed by atoms with Gasteiger partial charge in [-0.25, -0.2) is 0 Å². The topological polar surface area (TPSA) is 60.4 Å². The Morgan fingerprint density at radius 2 is 2.15 bits per heavy atom. The van der Waals surface area contributed by atoms with E-state index in [4.69, 9.17) is 0 Å². The molecule has 0 unspecified atom stereocenters. The van der Waals surface area contributed by atoms with Crippen molar-refractivity contribution in [3.05, 3.63) is 0 Å². The van der Waals surface area contributed by atoms with Crippen molar-refractivity contribution in [3.8, 4) is 0 Å². The van der Waals surface area contributed by atoms with E-state index in [-0.39, 0.29) is 24.4 Å². The number of hydrogen-bond donors (Lipinski definition) is 0. The second-order valence-corrected chi connectivity index (χ2v) is 3.25. The van der Waals surface area contributed by atoms with Gasteiger partial charge in [0, 0.05) is 19.3 Å². The van der Waals surface area contributed by atoms with Crippen LogP contribution in [0.5, 0.6) is 0 Å². The number of Topliss-reactive ketones (excluding diaryl/α,β-unsaturated/α-hetero) is 2. The average molecular weight is 184 g/mol. The molecule has 1 saturated carbocycles. The summed E-state index contributed by atoms with van der Waals surface area (Å²) in [6.45, 7) is 1.95. The fourth-order valence-electron chi connectivity index (χ4n) is 1.52. The molecule has 1 fully saturated rings. The second-order valence-electron chi connectivity index (χ2n) is 3.25. The van der Waals surface area contributed by atoms with Crippen molar-refractivity contribution in [3.63, 3.8) is 0 Å². The van der Waals surface area contributed by atoms with E-state index in [1.54, 1.807) is 6.92 Å². The maximum atomic E-state index is 11.3. The van der Waals surface area contributed by atoms with Crippen LogP contribution in [0.4, 0.5) is 0 Å². The minimum absolute atomic E-state index is 0.0222. The SMILES string of the molecule is C[C@H](OC=O)[C@H]1CC(=O)CCC1=O. The van der Waals surface area contributed by atoms with Gasteiger partial charge < -0.3 is 4.74 Å². The Bertz CT molecular complexity index is 234. The van der Waals surface area contributed by atoms with Crippen LogP contribution >= 0.6 is 0 Å². The molecule has 4 heteroatoms. The normalized spacial score (nSPS) is 25.5. The first-order valence-corrected chi connectivity index (χ1v) is 4.28. The van der Waals surface area contributed by atoms with E-state index in [0.717, 1.165) is 0 Å². The van der Waals surface area contributed by atoms with Gasteiger partial charge in [-0.2, -0.15) is 0 Å². The van der Waals surface area contributed by atoms with Crippen LogP contribution in [0.25, 0.3) is 0 Å². The minimum Gasteiger partial charge on any atom is -0.464 e. The number of ketones is 2. The smallest absolute Gasteiger partial charge is 0.293 e. The lowest BCUT2D eigenvalue weighted by molar-refractivity contribution is -0.144.